The van der Waals surface area contributed by atoms with Crippen LogP contribution < -0.4 is 5.32 Å². The molecule has 0 aliphatic rings. The fraction of sp³-hybridized carbons (Fsp3) is 0.0714. The molecule has 0 fully saturated rings. The van der Waals surface area contributed by atoms with Crippen LogP contribution in [0.2, 0.25) is 0 Å². The number of nitriles is 1. The van der Waals surface area contributed by atoms with Gasteiger partial charge in [-0.3, -0.25) is 4.79 Å². The number of hydrogen-bond donors (Lipinski definition) is 1. The van der Waals surface area contributed by atoms with E-state index >= 15 is 0 Å². The minimum Gasteiger partial charge on any atom is -0.332 e. The van der Waals surface area contributed by atoms with Gasteiger partial charge in [-0.15, -0.1) is 0 Å². The Morgan fingerprint density at radius 2 is 1.95 bits per heavy atom. The number of nitrogens with one attached hydrogen (secondary N) is 1. The highest BCUT2D eigenvalue weighted by atomic mass is 19.2. The topological polar surface area (TPSA) is 65.8 Å². The van der Waals surface area contributed by atoms with Crippen molar-refractivity contribution in [3.63, 3.8) is 0 Å². The van der Waals surface area contributed by atoms with Gasteiger partial charge in [-0.2, -0.15) is 9.65 Å². The zero-order chi connectivity index (χ0) is 14.5. The van der Waals surface area contributed by atoms with Crippen molar-refractivity contribution >= 4 is 5.91 Å². The molecule has 1 aromatic carbocycles. The van der Waals surface area contributed by atoms with Gasteiger partial charge in [0.15, 0.2) is 5.82 Å². The van der Waals surface area contributed by atoms with E-state index in [0.29, 0.717) is 5.56 Å². The van der Waals surface area contributed by atoms with Gasteiger partial charge < -0.3 is 5.32 Å². The Labute approximate surface area is 113 Å². The number of benzene rings is 1. The maximum atomic E-state index is 13.4. The fourth-order valence-corrected chi connectivity index (χ4v) is 1.64. The van der Waals surface area contributed by atoms with Crippen molar-refractivity contribution in [3.05, 3.63) is 65.5 Å². The second-order valence-electron chi connectivity index (χ2n) is 3.91. The van der Waals surface area contributed by atoms with E-state index in [1.807, 2.05) is 6.07 Å². The van der Waals surface area contributed by atoms with Crippen LogP contribution in [-0.2, 0) is 0 Å². The predicted molar refractivity (Wildman–Crippen MR) is 66.4 cm³/mol. The van der Waals surface area contributed by atoms with E-state index in [4.69, 9.17) is 5.26 Å². The van der Waals surface area contributed by atoms with Crippen molar-refractivity contribution in [2.24, 2.45) is 0 Å². The van der Waals surface area contributed by atoms with Crippen molar-refractivity contribution in [3.8, 4) is 6.07 Å². The van der Waals surface area contributed by atoms with E-state index in [0.717, 1.165) is 12.3 Å². The molecule has 2 aromatic rings. The lowest BCUT2D eigenvalue weighted by molar-refractivity contribution is 0.0939. The molecule has 0 saturated carbocycles. The third-order valence-electron chi connectivity index (χ3n) is 2.63. The van der Waals surface area contributed by atoms with Crippen molar-refractivity contribution < 1.29 is 13.6 Å². The zero-order valence-corrected chi connectivity index (χ0v) is 10.2. The minimum atomic E-state index is -1.36. The highest BCUT2D eigenvalue weighted by molar-refractivity contribution is 5.94. The Balaban J connectivity index is 2.23. The maximum absolute atomic E-state index is 13.4. The summed E-state index contributed by atoms with van der Waals surface area (Å²) in [5.41, 5.74) is 0.0620. The molecule has 1 N–H and O–H groups in total. The van der Waals surface area contributed by atoms with E-state index in [-0.39, 0.29) is 0 Å². The molecular weight excluding hydrogens is 264 g/mol. The molecule has 0 radical (unpaired) electrons. The zero-order valence-electron chi connectivity index (χ0n) is 10.2. The summed E-state index contributed by atoms with van der Waals surface area (Å²) in [5.74, 6) is -3.57. The number of carbonyl (C=O) groups is 1. The van der Waals surface area contributed by atoms with Crippen LogP contribution in [0.25, 0.3) is 0 Å². The molecule has 1 amide bonds. The first kappa shape index (κ1) is 13.6. The first-order chi connectivity index (χ1) is 9.63. The first-order valence-electron chi connectivity index (χ1n) is 5.69. The highest BCUT2D eigenvalue weighted by Gasteiger charge is 2.19. The molecule has 4 nitrogen and oxygen atoms in total. The number of nitrogens with zero attached hydrogens (tertiary/aromatic N) is 2. The van der Waals surface area contributed by atoms with Crippen molar-refractivity contribution in [1.82, 2.24) is 10.3 Å². The SMILES string of the molecule is N#CC(NC(=O)c1ccnc(F)c1F)c1ccccc1. The average Bonchev–Trinajstić information content (AvgIpc) is 2.48. The number of amides is 1. The summed E-state index contributed by atoms with van der Waals surface area (Å²) >= 11 is 0. The monoisotopic (exact) mass is 273 g/mol. The number of carbonyl (C=O) groups excluding carboxylic acids is 1. The molecule has 2 rings (SSSR count). The summed E-state index contributed by atoms with van der Waals surface area (Å²) in [4.78, 5) is 15.0. The Morgan fingerprint density at radius 1 is 1.25 bits per heavy atom. The van der Waals surface area contributed by atoms with Crippen LogP contribution in [0, 0.1) is 23.1 Å². The van der Waals surface area contributed by atoms with Crippen LogP contribution in [0.1, 0.15) is 22.0 Å². The Bertz CT molecular complexity index is 668. The number of pyridine rings is 1. The number of hydrogen-bond acceptors (Lipinski definition) is 3. The van der Waals surface area contributed by atoms with Crippen LogP contribution in [0.5, 0.6) is 0 Å². The molecule has 6 heteroatoms. The van der Waals surface area contributed by atoms with E-state index in [2.05, 4.69) is 10.3 Å². The molecule has 100 valence electrons. The molecule has 0 saturated heterocycles. The summed E-state index contributed by atoms with van der Waals surface area (Å²) in [6.07, 6.45) is 0.983. The van der Waals surface area contributed by atoms with Gasteiger partial charge in [-0.25, -0.2) is 9.37 Å². The van der Waals surface area contributed by atoms with Gasteiger partial charge in [-0.1, -0.05) is 30.3 Å². The van der Waals surface area contributed by atoms with Crippen LogP contribution >= 0.6 is 0 Å². The normalized spacial score (nSPS) is 11.4. The lowest BCUT2D eigenvalue weighted by Crippen LogP contribution is -2.28. The second-order valence-corrected chi connectivity index (χ2v) is 3.91. The van der Waals surface area contributed by atoms with Gasteiger partial charge in [-0.05, 0) is 11.6 Å². The summed E-state index contributed by atoms with van der Waals surface area (Å²) in [6.45, 7) is 0. The summed E-state index contributed by atoms with van der Waals surface area (Å²) in [7, 11) is 0. The second kappa shape index (κ2) is 5.89. The van der Waals surface area contributed by atoms with E-state index in [1.54, 1.807) is 30.3 Å². The number of halogens is 2. The number of aromatic nitrogens is 1. The predicted octanol–water partition coefficient (Wildman–Crippen LogP) is 2.35. The molecule has 0 aliphatic heterocycles. The quantitative estimate of drug-likeness (QED) is 0.873. The fourth-order valence-electron chi connectivity index (χ4n) is 1.64. The van der Waals surface area contributed by atoms with Crippen LogP contribution in [-0.4, -0.2) is 10.9 Å². The Kier molecular flexibility index (Phi) is 4.01. The van der Waals surface area contributed by atoms with Crippen molar-refractivity contribution in [1.29, 1.82) is 5.26 Å². The summed E-state index contributed by atoms with van der Waals surface area (Å²) in [5, 5.41) is 11.4. The standard InChI is InChI=1S/C14H9F2N3O/c15-12-10(6-7-18-13(12)16)14(20)19-11(8-17)9-4-2-1-3-5-9/h1-7,11H,(H,19,20). The van der Waals surface area contributed by atoms with E-state index < -0.39 is 29.3 Å². The van der Waals surface area contributed by atoms with E-state index in [9.17, 15) is 13.6 Å². The largest absolute Gasteiger partial charge is 0.332 e. The third kappa shape index (κ3) is 2.78. The molecule has 0 bridgehead atoms. The lowest BCUT2D eigenvalue weighted by Gasteiger charge is -2.12. The van der Waals surface area contributed by atoms with Gasteiger partial charge in [0.05, 0.1) is 11.6 Å². The van der Waals surface area contributed by atoms with Crippen LogP contribution in [0.4, 0.5) is 8.78 Å². The van der Waals surface area contributed by atoms with Gasteiger partial charge >= 0.3 is 0 Å². The smallest absolute Gasteiger partial charge is 0.255 e. The molecule has 1 atom stereocenters. The van der Waals surface area contributed by atoms with E-state index in [1.165, 1.54) is 0 Å². The first-order valence-corrected chi connectivity index (χ1v) is 5.69. The lowest BCUT2D eigenvalue weighted by atomic mass is 10.1. The molecule has 20 heavy (non-hydrogen) atoms. The molecule has 1 unspecified atom stereocenters. The van der Waals surface area contributed by atoms with Crippen molar-refractivity contribution in [2.75, 3.05) is 0 Å². The average molecular weight is 273 g/mol. The Morgan fingerprint density at radius 3 is 2.60 bits per heavy atom. The van der Waals surface area contributed by atoms with Gasteiger partial charge in [0.2, 0.25) is 5.95 Å². The maximum Gasteiger partial charge on any atom is 0.255 e. The summed E-state index contributed by atoms with van der Waals surface area (Å²) < 4.78 is 26.4. The third-order valence-corrected chi connectivity index (χ3v) is 2.63. The minimum absolute atomic E-state index is 0.492. The molecule has 0 aliphatic carbocycles. The molecule has 1 heterocycles. The van der Waals surface area contributed by atoms with Crippen LogP contribution in [0.15, 0.2) is 42.6 Å². The molecule has 1 aromatic heterocycles. The molecule has 0 spiro atoms. The van der Waals surface area contributed by atoms with Crippen LogP contribution in [0.3, 0.4) is 0 Å². The van der Waals surface area contributed by atoms with Crippen molar-refractivity contribution in [2.45, 2.75) is 6.04 Å². The van der Waals surface area contributed by atoms with Gasteiger partial charge in [0.1, 0.15) is 6.04 Å². The van der Waals surface area contributed by atoms with Gasteiger partial charge in [0.25, 0.3) is 5.91 Å². The Hall–Kier alpha value is -2.81. The summed E-state index contributed by atoms with van der Waals surface area (Å²) in [6, 6.07) is 10.5. The molecular formula is C14H9F2N3O. The highest BCUT2D eigenvalue weighted by Crippen LogP contribution is 2.14. The number of rotatable bonds is 3. The van der Waals surface area contributed by atoms with Gasteiger partial charge in [0, 0.05) is 6.20 Å².